The van der Waals surface area contributed by atoms with Crippen molar-refractivity contribution < 1.29 is 33.3 Å². The Balaban J connectivity index is 1.53. The lowest BCUT2D eigenvalue weighted by Crippen LogP contribution is -2.11. The van der Waals surface area contributed by atoms with Gasteiger partial charge in [-0.15, -0.1) is 0 Å². The molecule has 0 aliphatic heterocycles. The summed E-state index contributed by atoms with van der Waals surface area (Å²) in [5, 5.41) is 1.91. The van der Waals surface area contributed by atoms with Gasteiger partial charge >= 0.3 is 11.9 Å². The fourth-order valence-corrected chi connectivity index (χ4v) is 2.91. The van der Waals surface area contributed by atoms with Crippen LogP contribution in [0.2, 0.25) is 0 Å². The monoisotopic (exact) mass is 486 g/mol. The van der Waals surface area contributed by atoms with E-state index in [1.165, 1.54) is 6.26 Å². The summed E-state index contributed by atoms with van der Waals surface area (Å²) >= 11 is 0. The molecule has 0 fully saturated rings. The molecule has 0 atom stereocenters. The van der Waals surface area contributed by atoms with Gasteiger partial charge in [-0.25, -0.2) is 9.59 Å². The van der Waals surface area contributed by atoms with Gasteiger partial charge in [-0.1, -0.05) is 31.4 Å². The second kappa shape index (κ2) is 12.2. The van der Waals surface area contributed by atoms with Gasteiger partial charge in [0, 0.05) is 5.57 Å². The van der Waals surface area contributed by atoms with E-state index in [1.54, 1.807) is 50.3 Å². The van der Waals surface area contributed by atoms with E-state index in [1.807, 2.05) is 30.3 Å². The van der Waals surface area contributed by atoms with Crippen molar-refractivity contribution in [1.82, 2.24) is 0 Å². The van der Waals surface area contributed by atoms with E-state index in [0.717, 1.165) is 16.3 Å². The average molecular weight is 487 g/mol. The van der Waals surface area contributed by atoms with Crippen molar-refractivity contribution in [2.45, 2.75) is 13.8 Å². The van der Waals surface area contributed by atoms with Gasteiger partial charge in [0.15, 0.2) is 12.4 Å². The van der Waals surface area contributed by atoms with Gasteiger partial charge < -0.3 is 18.9 Å². The lowest BCUT2D eigenvalue weighted by atomic mass is 10.1. The largest absolute Gasteiger partial charge is 0.485 e. The van der Waals surface area contributed by atoms with Gasteiger partial charge in [0.2, 0.25) is 6.79 Å². The Hall–Kier alpha value is -4.65. The number of hydrogen-bond acceptors (Lipinski definition) is 7. The van der Waals surface area contributed by atoms with E-state index < -0.39 is 11.9 Å². The number of carbonyl (C=O) groups is 3. The summed E-state index contributed by atoms with van der Waals surface area (Å²) in [6.07, 6.45) is 3.01. The fourth-order valence-electron chi connectivity index (χ4n) is 2.91. The van der Waals surface area contributed by atoms with Gasteiger partial charge in [-0.2, -0.15) is 0 Å². The van der Waals surface area contributed by atoms with E-state index in [0.29, 0.717) is 22.6 Å². The molecule has 0 unspecified atom stereocenters. The molecule has 0 bridgehead atoms. The van der Waals surface area contributed by atoms with Crippen LogP contribution < -0.4 is 9.47 Å². The first-order valence-electron chi connectivity index (χ1n) is 11.0. The highest BCUT2D eigenvalue weighted by atomic mass is 16.7. The lowest BCUT2D eigenvalue weighted by molar-refractivity contribution is -0.145. The second-order valence-electron chi connectivity index (χ2n) is 7.97. The Kier molecular flexibility index (Phi) is 8.78. The number of ketones is 1. The van der Waals surface area contributed by atoms with Crippen LogP contribution in [-0.2, 0) is 19.1 Å². The first-order chi connectivity index (χ1) is 17.2. The molecule has 3 aromatic rings. The summed E-state index contributed by atoms with van der Waals surface area (Å²) in [4.78, 5) is 35.3. The number of rotatable bonds is 11. The Bertz CT molecular complexity index is 1330. The molecular weight excluding hydrogens is 460 g/mol. The third-order valence-corrected chi connectivity index (χ3v) is 4.97. The van der Waals surface area contributed by atoms with E-state index in [9.17, 15) is 14.4 Å². The van der Waals surface area contributed by atoms with Gasteiger partial charge in [-0.05, 0) is 84.3 Å². The van der Waals surface area contributed by atoms with Crippen molar-refractivity contribution in [1.29, 1.82) is 0 Å². The summed E-state index contributed by atoms with van der Waals surface area (Å²) in [6, 6.07) is 17.5. The molecule has 0 saturated heterocycles. The standard InChI is InChI=1S/C29H26O7/c1-19(2)27(30)17-34-26-12-9-23-15-21(5-6-24(23)16-26)13-14-33-29(32)22-7-10-25(11-8-22)35-18-36-28(31)20(3)4/h5-16H,1,3,17-18H2,2,4H3/b14-13+. The van der Waals surface area contributed by atoms with Gasteiger partial charge in [-0.3, -0.25) is 4.79 Å². The molecule has 0 aromatic heterocycles. The zero-order valence-electron chi connectivity index (χ0n) is 20.1. The first kappa shape index (κ1) is 26.0. The number of benzene rings is 3. The highest BCUT2D eigenvalue weighted by Crippen LogP contribution is 2.23. The van der Waals surface area contributed by atoms with Crippen molar-refractivity contribution in [2.75, 3.05) is 13.4 Å². The Morgan fingerprint density at radius 2 is 1.47 bits per heavy atom. The van der Waals surface area contributed by atoms with Gasteiger partial charge in [0.25, 0.3) is 0 Å². The van der Waals surface area contributed by atoms with Gasteiger partial charge in [0.05, 0.1) is 11.8 Å². The second-order valence-corrected chi connectivity index (χ2v) is 7.97. The van der Waals surface area contributed by atoms with Crippen LogP contribution in [-0.4, -0.2) is 31.1 Å². The van der Waals surface area contributed by atoms with Crippen LogP contribution in [0.15, 0.2) is 91.2 Å². The minimum atomic E-state index is -0.542. The number of esters is 2. The van der Waals surface area contributed by atoms with Crippen LogP contribution in [0.3, 0.4) is 0 Å². The van der Waals surface area contributed by atoms with Crippen molar-refractivity contribution >= 4 is 34.6 Å². The Morgan fingerprint density at radius 1 is 0.806 bits per heavy atom. The average Bonchev–Trinajstić information content (AvgIpc) is 2.87. The number of hydrogen-bond donors (Lipinski definition) is 0. The molecule has 0 aliphatic carbocycles. The summed E-state index contributed by atoms with van der Waals surface area (Å²) in [5.41, 5.74) is 1.91. The zero-order chi connectivity index (χ0) is 26.1. The number of ether oxygens (including phenoxy) is 4. The SMILES string of the molecule is C=C(C)C(=O)COc1ccc2cc(/C=C/OC(=O)c3ccc(OCOC(=O)C(=C)C)cc3)ccc2c1. The molecule has 0 aliphatic rings. The molecule has 36 heavy (non-hydrogen) atoms. The lowest BCUT2D eigenvalue weighted by Gasteiger charge is -2.08. The van der Waals surface area contributed by atoms with E-state index in [2.05, 4.69) is 13.2 Å². The quantitative estimate of drug-likeness (QED) is 0.150. The molecule has 0 amide bonds. The third-order valence-electron chi connectivity index (χ3n) is 4.97. The maximum absolute atomic E-state index is 12.3. The predicted octanol–water partition coefficient (Wildman–Crippen LogP) is 5.65. The topological polar surface area (TPSA) is 88.1 Å². The summed E-state index contributed by atoms with van der Waals surface area (Å²) < 4.78 is 20.9. The van der Waals surface area contributed by atoms with Crippen LogP contribution in [0, 0.1) is 0 Å². The normalized spacial score (nSPS) is 10.6. The summed E-state index contributed by atoms with van der Waals surface area (Å²) in [5.74, 6) is -0.184. The molecule has 0 radical (unpaired) electrons. The van der Waals surface area contributed by atoms with Crippen LogP contribution in [0.1, 0.15) is 29.8 Å². The Labute approximate surface area is 209 Å². The summed E-state index contributed by atoms with van der Waals surface area (Å²) in [7, 11) is 0. The number of fused-ring (bicyclic) bond motifs is 1. The number of Topliss-reactive ketones (excluding diaryl/α,β-unsaturated/α-hetero) is 1. The van der Waals surface area contributed by atoms with Crippen molar-refractivity contribution in [2.24, 2.45) is 0 Å². The first-order valence-corrected chi connectivity index (χ1v) is 11.0. The Morgan fingerprint density at radius 3 is 2.17 bits per heavy atom. The van der Waals surface area contributed by atoms with Crippen LogP contribution in [0.25, 0.3) is 16.8 Å². The molecule has 0 N–H and O–H groups in total. The van der Waals surface area contributed by atoms with Crippen molar-refractivity contribution in [3.63, 3.8) is 0 Å². The van der Waals surface area contributed by atoms with Crippen molar-refractivity contribution in [3.05, 3.63) is 102 Å². The molecule has 184 valence electrons. The fraction of sp³-hybridized carbons (Fsp3) is 0.138. The third kappa shape index (κ3) is 7.43. The predicted molar refractivity (Wildman–Crippen MR) is 137 cm³/mol. The highest BCUT2D eigenvalue weighted by molar-refractivity contribution is 5.95. The smallest absolute Gasteiger partial charge is 0.342 e. The van der Waals surface area contributed by atoms with Crippen LogP contribution >= 0.6 is 0 Å². The number of carbonyl (C=O) groups excluding carboxylic acids is 3. The minimum absolute atomic E-state index is 0.0480. The molecule has 0 saturated carbocycles. The maximum atomic E-state index is 12.3. The van der Waals surface area contributed by atoms with E-state index in [4.69, 9.17) is 18.9 Å². The maximum Gasteiger partial charge on any atom is 0.342 e. The molecule has 7 heteroatoms. The van der Waals surface area contributed by atoms with Gasteiger partial charge in [0.1, 0.15) is 11.5 Å². The molecule has 0 heterocycles. The molecule has 0 spiro atoms. The summed E-state index contributed by atoms with van der Waals surface area (Å²) in [6.45, 7) is 9.99. The highest BCUT2D eigenvalue weighted by Gasteiger charge is 2.08. The van der Waals surface area contributed by atoms with Crippen LogP contribution in [0.4, 0.5) is 0 Å². The molecule has 7 nitrogen and oxygen atoms in total. The van der Waals surface area contributed by atoms with Crippen LogP contribution in [0.5, 0.6) is 11.5 Å². The molecular formula is C29H26O7. The molecule has 3 rings (SSSR count). The molecule has 3 aromatic carbocycles. The minimum Gasteiger partial charge on any atom is -0.485 e. The van der Waals surface area contributed by atoms with E-state index >= 15 is 0 Å². The van der Waals surface area contributed by atoms with Crippen molar-refractivity contribution in [3.8, 4) is 11.5 Å². The van der Waals surface area contributed by atoms with E-state index in [-0.39, 0.29) is 24.8 Å². The zero-order valence-corrected chi connectivity index (χ0v) is 20.1.